The molecule has 0 bridgehead atoms. The number of aliphatic hydroxyl groups is 7. The Bertz CT molecular complexity index is 1160. The highest BCUT2D eigenvalue weighted by molar-refractivity contribution is 5.80. The van der Waals surface area contributed by atoms with Gasteiger partial charge in [0, 0.05) is 0 Å². The second-order valence-corrected chi connectivity index (χ2v) is 20.3. The first-order chi connectivity index (χ1) is 33.2. The molecule has 1 rings (SSSR count). The fourth-order valence-electron chi connectivity index (χ4n) is 9.35. The molecular formula is C57H109NO10. The maximum atomic E-state index is 13.1. The Morgan fingerprint density at radius 2 is 0.912 bits per heavy atom. The zero-order valence-corrected chi connectivity index (χ0v) is 43.9. The summed E-state index contributed by atoms with van der Waals surface area (Å²) in [6.07, 6.45) is 44.4. The zero-order chi connectivity index (χ0) is 49.7. The molecule has 1 amide bonds. The van der Waals surface area contributed by atoms with Crippen molar-refractivity contribution in [2.24, 2.45) is 0 Å². The Morgan fingerprint density at radius 1 is 0.515 bits per heavy atom. The van der Waals surface area contributed by atoms with Gasteiger partial charge in [0.05, 0.1) is 25.4 Å². The summed E-state index contributed by atoms with van der Waals surface area (Å²) in [5, 5.41) is 75.6. The molecule has 0 aromatic rings. The Kier molecular flexibility index (Phi) is 44.3. The molecule has 11 nitrogen and oxygen atoms in total. The summed E-state index contributed by atoms with van der Waals surface area (Å²) in [4.78, 5) is 13.1. The van der Waals surface area contributed by atoms with E-state index in [0.717, 1.165) is 38.5 Å². The number of carbonyl (C=O) groups excluding carboxylic acids is 1. The molecule has 0 spiro atoms. The Hall–Kier alpha value is -1.41. The average molecular weight is 968 g/mol. The third-order valence-electron chi connectivity index (χ3n) is 14.0. The molecule has 1 aliphatic heterocycles. The molecule has 1 aliphatic rings. The van der Waals surface area contributed by atoms with Crippen LogP contribution >= 0.6 is 0 Å². The summed E-state index contributed by atoms with van der Waals surface area (Å²) in [5.74, 6) is -0.709. The van der Waals surface area contributed by atoms with Crippen molar-refractivity contribution in [3.8, 4) is 0 Å². The Balaban J connectivity index is 2.14. The van der Waals surface area contributed by atoms with Crippen LogP contribution < -0.4 is 5.32 Å². The first-order valence-electron chi connectivity index (χ1n) is 28.7. The topological polar surface area (TPSA) is 189 Å². The van der Waals surface area contributed by atoms with E-state index >= 15 is 0 Å². The summed E-state index contributed by atoms with van der Waals surface area (Å²) in [5.41, 5.74) is 0. The van der Waals surface area contributed by atoms with Crippen LogP contribution in [0.25, 0.3) is 0 Å². The van der Waals surface area contributed by atoms with E-state index in [4.69, 9.17) is 9.47 Å². The first kappa shape index (κ1) is 64.6. The van der Waals surface area contributed by atoms with Gasteiger partial charge >= 0.3 is 0 Å². The number of aliphatic hydroxyl groups excluding tert-OH is 7. The first-order valence-corrected chi connectivity index (χ1v) is 28.7. The highest BCUT2D eigenvalue weighted by Gasteiger charge is 2.44. The van der Waals surface area contributed by atoms with Crippen molar-refractivity contribution in [2.45, 2.75) is 319 Å². The number of unbranched alkanes of at least 4 members (excludes halogenated alkanes) is 33. The quantitative estimate of drug-likeness (QED) is 0.0215. The molecule has 0 radical (unpaired) electrons. The number of allylic oxidation sites excluding steroid dienone is 4. The van der Waals surface area contributed by atoms with E-state index in [0.29, 0.717) is 19.3 Å². The van der Waals surface area contributed by atoms with E-state index in [1.54, 1.807) is 0 Å². The number of amides is 1. The minimum absolute atomic E-state index is 0.246. The molecule has 0 aromatic carbocycles. The second-order valence-electron chi connectivity index (χ2n) is 20.3. The van der Waals surface area contributed by atoms with Gasteiger partial charge in [0.25, 0.3) is 0 Å². The largest absolute Gasteiger partial charge is 0.394 e. The summed E-state index contributed by atoms with van der Waals surface area (Å²) in [6, 6.07) is -1.19. The van der Waals surface area contributed by atoms with Crippen LogP contribution in [-0.4, -0.2) is 110 Å². The van der Waals surface area contributed by atoms with Gasteiger partial charge in [0.1, 0.15) is 36.6 Å². The fourth-order valence-corrected chi connectivity index (χ4v) is 9.35. The molecule has 0 aromatic heterocycles. The number of hydrogen-bond donors (Lipinski definition) is 8. The van der Waals surface area contributed by atoms with Crippen molar-refractivity contribution >= 4 is 5.91 Å². The van der Waals surface area contributed by atoms with Gasteiger partial charge in [-0.15, -0.1) is 0 Å². The van der Waals surface area contributed by atoms with E-state index in [9.17, 15) is 40.5 Å². The van der Waals surface area contributed by atoms with Crippen molar-refractivity contribution in [1.29, 1.82) is 0 Å². The van der Waals surface area contributed by atoms with Crippen molar-refractivity contribution in [3.05, 3.63) is 24.3 Å². The number of rotatable bonds is 49. The van der Waals surface area contributed by atoms with Gasteiger partial charge in [0.15, 0.2) is 6.29 Å². The average Bonchev–Trinajstić information content (AvgIpc) is 3.34. The molecule has 0 aliphatic carbocycles. The predicted octanol–water partition coefficient (Wildman–Crippen LogP) is 11.7. The lowest BCUT2D eigenvalue weighted by Gasteiger charge is -2.40. The highest BCUT2D eigenvalue weighted by Crippen LogP contribution is 2.23. The maximum Gasteiger partial charge on any atom is 0.249 e. The molecule has 9 atom stereocenters. The van der Waals surface area contributed by atoms with Crippen LogP contribution in [0.4, 0.5) is 0 Å². The fraction of sp³-hybridized carbons (Fsp3) is 0.912. The smallest absolute Gasteiger partial charge is 0.249 e. The maximum absolute atomic E-state index is 13.1. The molecule has 9 unspecified atom stereocenters. The lowest BCUT2D eigenvalue weighted by Crippen LogP contribution is -2.60. The molecule has 1 fully saturated rings. The highest BCUT2D eigenvalue weighted by atomic mass is 16.7. The van der Waals surface area contributed by atoms with Crippen molar-refractivity contribution in [3.63, 3.8) is 0 Å². The van der Waals surface area contributed by atoms with Crippen molar-refractivity contribution in [1.82, 2.24) is 5.32 Å². The molecule has 1 saturated heterocycles. The Morgan fingerprint density at radius 3 is 1.32 bits per heavy atom. The molecular weight excluding hydrogens is 859 g/mol. The van der Waals surface area contributed by atoms with Crippen LogP contribution in [0.2, 0.25) is 0 Å². The van der Waals surface area contributed by atoms with Gasteiger partial charge in [-0.1, -0.05) is 244 Å². The SMILES string of the molecule is CC/C=C/CC/C=C/CCCC(O)C(O)C(COC1OC(CO)C(O)C(O)C1O)NC(=O)C(O)CCCCCCCCCCCCCCCCCCCCCCCCCCCCCCCCCC. The van der Waals surface area contributed by atoms with Gasteiger partial charge < -0.3 is 50.5 Å². The monoisotopic (exact) mass is 968 g/mol. The molecule has 0 saturated carbocycles. The number of carbonyl (C=O) groups is 1. The third kappa shape index (κ3) is 34.8. The van der Waals surface area contributed by atoms with Crippen LogP contribution in [-0.2, 0) is 14.3 Å². The number of hydrogen-bond acceptors (Lipinski definition) is 10. The minimum atomic E-state index is -1.67. The van der Waals surface area contributed by atoms with Crippen LogP contribution in [0.5, 0.6) is 0 Å². The Labute approximate surface area is 416 Å². The summed E-state index contributed by atoms with van der Waals surface area (Å²) in [6.45, 7) is 3.31. The van der Waals surface area contributed by atoms with E-state index in [1.807, 2.05) is 6.08 Å². The lowest BCUT2D eigenvalue weighted by atomic mass is 9.98. The predicted molar refractivity (Wildman–Crippen MR) is 279 cm³/mol. The van der Waals surface area contributed by atoms with Gasteiger partial charge in [-0.25, -0.2) is 0 Å². The standard InChI is InChI=1S/C57H109NO10/c1-3-5-7-9-11-13-14-15-16-17-18-19-20-21-22-23-24-25-26-27-28-29-30-31-32-33-34-35-37-39-41-43-45-50(61)56(66)58-48(47-67-57-55(65)54(64)53(63)51(46-59)68-57)52(62)49(60)44-42-40-38-36-12-10-8-6-4-2/h6,8,36,38,48-55,57,59-65H,3-5,7,9-35,37,39-47H2,1-2H3,(H,58,66)/b8-6+,38-36+. The lowest BCUT2D eigenvalue weighted by molar-refractivity contribution is -0.303. The summed E-state index contributed by atoms with van der Waals surface area (Å²) < 4.78 is 11.1. The van der Waals surface area contributed by atoms with Gasteiger partial charge in [-0.05, 0) is 44.9 Å². The van der Waals surface area contributed by atoms with Crippen molar-refractivity contribution < 1.29 is 50.0 Å². The third-order valence-corrected chi connectivity index (χ3v) is 14.0. The number of nitrogens with one attached hydrogen (secondary N) is 1. The minimum Gasteiger partial charge on any atom is -0.394 e. The summed E-state index contributed by atoms with van der Waals surface area (Å²) >= 11 is 0. The van der Waals surface area contributed by atoms with Crippen LogP contribution in [0.15, 0.2) is 24.3 Å². The normalized spacial score (nSPS) is 20.6. The summed E-state index contributed by atoms with van der Waals surface area (Å²) in [7, 11) is 0. The molecule has 1 heterocycles. The second kappa shape index (κ2) is 46.6. The van der Waals surface area contributed by atoms with Crippen molar-refractivity contribution in [2.75, 3.05) is 13.2 Å². The van der Waals surface area contributed by atoms with Crippen LogP contribution in [0, 0.1) is 0 Å². The molecule has 68 heavy (non-hydrogen) atoms. The van der Waals surface area contributed by atoms with E-state index < -0.39 is 74.2 Å². The number of ether oxygens (including phenoxy) is 2. The molecule has 402 valence electrons. The van der Waals surface area contributed by atoms with E-state index in [1.165, 1.54) is 180 Å². The molecule has 11 heteroatoms. The van der Waals surface area contributed by atoms with Gasteiger partial charge in [-0.3, -0.25) is 4.79 Å². The molecule has 8 N–H and O–H groups in total. The van der Waals surface area contributed by atoms with Gasteiger partial charge in [0.2, 0.25) is 5.91 Å². The zero-order valence-electron chi connectivity index (χ0n) is 43.9. The van der Waals surface area contributed by atoms with E-state index in [2.05, 4.69) is 37.4 Å². The van der Waals surface area contributed by atoms with Crippen LogP contribution in [0.1, 0.15) is 264 Å². The van der Waals surface area contributed by atoms with Gasteiger partial charge in [-0.2, -0.15) is 0 Å². The van der Waals surface area contributed by atoms with Crippen LogP contribution in [0.3, 0.4) is 0 Å². The van der Waals surface area contributed by atoms with E-state index in [-0.39, 0.29) is 12.8 Å².